The number of aryl methyl sites for hydroxylation is 1. The molecule has 0 bridgehead atoms. The SMILES string of the molecule is Cn1cc2c(nc1=O)Nc1c(COCCN)cccc1O2. The summed E-state index contributed by atoms with van der Waals surface area (Å²) in [6.45, 7) is 1.37. The number of anilines is 2. The fourth-order valence-corrected chi connectivity index (χ4v) is 2.11. The number of nitrogens with zero attached hydrogens (tertiary/aromatic N) is 2. The lowest BCUT2D eigenvalue weighted by atomic mass is 10.1. The van der Waals surface area contributed by atoms with Crippen LogP contribution in [-0.4, -0.2) is 22.7 Å². The Morgan fingerprint density at radius 1 is 1.43 bits per heavy atom. The molecule has 110 valence electrons. The summed E-state index contributed by atoms with van der Waals surface area (Å²) < 4.78 is 12.6. The van der Waals surface area contributed by atoms with E-state index in [-0.39, 0.29) is 5.69 Å². The summed E-state index contributed by atoms with van der Waals surface area (Å²) in [4.78, 5) is 15.6. The third kappa shape index (κ3) is 2.61. The Labute approximate surface area is 121 Å². The molecule has 3 rings (SSSR count). The van der Waals surface area contributed by atoms with Crippen LogP contribution in [0.1, 0.15) is 5.56 Å². The van der Waals surface area contributed by atoms with E-state index in [1.807, 2.05) is 18.2 Å². The molecule has 1 aliphatic heterocycles. The molecular formula is C14H16N4O3. The van der Waals surface area contributed by atoms with Crippen LogP contribution in [-0.2, 0) is 18.4 Å². The van der Waals surface area contributed by atoms with Gasteiger partial charge in [0.1, 0.15) is 0 Å². The number of nitrogens with one attached hydrogen (secondary N) is 1. The molecule has 3 N–H and O–H groups in total. The van der Waals surface area contributed by atoms with Gasteiger partial charge in [-0.15, -0.1) is 0 Å². The second-order valence-corrected chi connectivity index (χ2v) is 4.71. The molecule has 21 heavy (non-hydrogen) atoms. The van der Waals surface area contributed by atoms with E-state index in [0.717, 1.165) is 11.3 Å². The van der Waals surface area contributed by atoms with Gasteiger partial charge in [0, 0.05) is 19.2 Å². The van der Waals surface area contributed by atoms with E-state index in [0.29, 0.717) is 37.1 Å². The Kier molecular flexibility index (Phi) is 3.59. The quantitative estimate of drug-likeness (QED) is 0.699. The Hall–Kier alpha value is -2.38. The van der Waals surface area contributed by atoms with Crippen LogP contribution in [0.3, 0.4) is 0 Å². The van der Waals surface area contributed by atoms with Crippen LogP contribution in [0.15, 0.2) is 29.2 Å². The maximum absolute atomic E-state index is 11.6. The summed E-state index contributed by atoms with van der Waals surface area (Å²) in [6.07, 6.45) is 1.61. The van der Waals surface area contributed by atoms with Crippen LogP contribution in [0.25, 0.3) is 0 Å². The molecule has 0 atom stereocenters. The molecule has 7 heteroatoms. The van der Waals surface area contributed by atoms with Crippen molar-refractivity contribution in [1.82, 2.24) is 9.55 Å². The summed E-state index contributed by atoms with van der Waals surface area (Å²) in [5.41, 5.74) is 6.76. The Morgan fingerprint density at radius 3 is 3.10 bits per heavy atom. The molecule has 0 radical (unpaired) electrons. The number of benzene rings is 1. The minimum absolute atomic E-state index is 0.342. The standard InChI is InChI=1S/C14H16N4O3/c1-18-7-11-13(17-14(18)19)16-12-9(8-20-6-5-15)3-2-4-10(12)21-11/h2-4,7H,5-6,8,15H2,1H3,(H,16,17,19). The maximum atomic E-state index is 11.6. The highest BCUT2D eigenvalue weighted by Crippen LogP contribution is 2.41. The summed E-state index contributed by atoms with van der Waals surface area (Å²) in [5, 5.41) is 3.14. The minimum Gasteiger partial charge on any atom is -0.450 e. The van der Waals surface area contributed by atoms with Gasteiger partial charge in [-0.05, 0) is 6.07 Å². The zero-order valence-corrected chi connectivity index (χ0v) is 11.6. The smallest absolute Gasteiger partial charge is 0.349 e. The number of nitrogens with two attached hydrogens (primary N) is 1. The van der Waals surface area contributed by atoms with Gasteiger partial charge in [0.25, 0.3) is 0 Å². The molecule has 0 spiro atoms. The number of aromatic nitrogens is 2. The number of para-hydroxylation sites is 1. The molecule has 0 unspecified atom stereocenters. The van der Waals surface area contributed by atoms with E-state index in [4.69, 9.17) is 15.2 Å². The predicted octanol–water partition coefficient (Wildman–Crippen LogP) is 1.10. The van der Waals surface area contributed by atoms with Crippen LogP contribution < -0.4 is 21.5 Å². The van der Waals surface area contributed by atoms with Gasteiger partial charge < -0.3 is 20.5 Å². The highest BCUT2D eigenvalue weighted by atomic mass is 16.5. The van der Waals surface area contributed by atoms with Crippen LogP contribution in [0.4, 0.5) is 11.5 Å². The largest absolute Gasteiger partial charge is 0.450 e. The first-order valence-corrected chi connectivity index (χ1v) is 6.61. The van der Waals surface area contributed by atoms with Crippen LogP contribution in [0, 0.1) is 0 Å². The number of hydrogen-bond acceptors (Lipinski definition) is 6. The normalized spacial score (nSPS) is 12.1. The van der Waals surface area contributed by atoms with Crippen molar-refractivity contribution in [2.24, 2.45) is 12.8 Å². The highest BCUT2D eigenvalue weighted by molar-refractivity contribution is 5.75. The van der Waals surface area contributed by atoms with E-state index < -0.39 is 0 Å². The monoisotopic (exact) mass is 288 g/mol. The van der Waals surface area contributed by atoms with Crippen LogP contribution >= 0.6 is 0 Å². The van der Waals surface area contributed by atoms with Gasteiger partial charge in [-0.25, -0.2) is 4.79 Å². The first-order valence-electron chi connectivity index (χ1n) is 6.61. The first-order chi connectivity index (χ1) is 10.2. The maximum Gasteiger partial charge on any atom is 0.349 e. The predicted molar refractivity (Wildman–Crippen MR) is 78.0 cm³/mol. The fraction of sp³-hybridized carbons (Fsp3) is 0.286. The summed E-state index contributed by atoms with van der Waals surface area (Å²) in [7, 11) is 1.63. The van der Waals surface area contributed by atoms with Crippen LogP contribution in [0.5, 0.6) is 11.5 Å². The van der Waals surface area contributed by atoms with Crippen molar-refractivity contribution in [2.75, 3.05) is 18.5 Å². The van der Waals surface area contributed by atoms with Crippen molar-refractivity contribution < 1.29 is 9.47 Å². The molecule has 7 nitrogen and oxygen atoms in total. The average molecular weight is 288 g/mol. The van der Waals surface area contributed by atoms with Gasteiger partial charge in [-0.1, -0.05) is 12.1 Å². The molecule has 0 fully saturated rings. The Morgan fingerprint density at radius 2 is 2.29 bits per heavy atom. The van der Waals surface area contributed by atoms with E-state index >= 15 is 0 Å². The minimum atomic E-state index is -0.342. The molecule has 0 saturated carbocycles. The van der Waals surface area contributed by atoms with Crippen molar-refractivity contribution >= 4 is 11.5 Å². The molecule has 0 saturated heterocycles. The lowest BCUT2D eigenvalue weighted by Gasteiger charge is -2.23. The third-order valence-electron chi connectivity index (χ3n) is 3.15. The van der Waals surface area contributed by atoms with Gasteiger partial charge in [-0.2, -0.15) is 4.98 Å². The van der Waals surface area contributed by atoms with Gasteiger partial charge in [0.15, 0.2) is 17.3 Å². The molecular weight excluding hydrogens is 272 g/mol. The Bertz CT molecular complexity index is 727. The van der Waals surface area contributed by atoms with E-state index in [1.165, 1.54) is 4.57 Å². The van der Waals surface area contributed by atoms with Crippen LogP contribution in [0.2, 0.25) is 0 Å². The third-order valence-corrected chi connectivity index (χ3v) is 3.15. The van der Waals surface area contributed by atoms with Crippen molar-refractivity contribution in [1.29, 1.82) is 0 Å². The zero-order chi connectivity index (χ0) is 14.8. The second kappa shape index (κ2) is 5.55. The molecule has 0 amide bonds. The molecule has 1 aliphatic rings. The number of fused-ring (bicyclic) bond motifs is 2. The van der Waals surface area contributed by atoms with Crippen molar-refractivity contribution in [3.05, 3.63) is 40.4 Å². The average Bonchev–Trinajstić information content (AvgIpc) is 2.47. The number of ether oxygens (including phenoxy) is 2. The van der Waals surface area contributed by atoms with Gasteiger partial charge >= 0.3 is 5.69 Å². The zero-order valence-electron chi connectivity index (χ0n) is 11.6. The first kappa shape index (κ1) is 13.6. The van der Waals surface area contributed by atoms with Crippen molar-refractivity contribution in [2.45, 2.75) is 6.61 Å². The molecule has 1 aromatic heterocycles. The van der Waals surface area contributed by atoms with E-state index in [9.17, 15) is 4.79 Å². The lowest BCUT2D eigenvalue weighted by molar-refractivity contribution is 0.128. The lowest BCUT2D eigenvalue weighted by Crippen LogP contribution is -2.22. The molecule has 2 heterocycles. The van der Waals surface area contributed by atoms with Gasteiger partial charge in [0.2, 0.25) is 0 Å². The van der Waals surface area contributed by atoms with Gasteiger partial charge in [-0.3, -0.25) is 4.57 Å². The molecule has 2 aromatic rings. The molecule has 0 aliphatic carbocycles. The summed E-state index contributed by atoms with van der Waals surface area (Å²) >= 11 is 0. The molecule has 1 aromatic carbocycles. The summed E-state index contributed by atoms with van der Waals surface area (Å²) in [5.74, 6) is 1.61. The van der Waals surface area contributed by atoms with E-state index in [2.05, 4.69) is 10.3 Å². The summed E-state index contributed by atoms with van der Waals surface area (Å²) in [6, 6.07) is 5.67. The fourth-order valence-electron chi connectivity index (χ4n) is 2.11. The topological polar surface area (TPSA) is 91.4 Å². The number of rotatable bonds is 4. The second-order valence-electron chi connectivity index (χ2n) is 4.71. The highest BCUT2D eigenvalue weighted by Gasteiger charge is 2.21. The van der Waals surface area contributed by atoms with E-state index in [1.54, 1.807) is 13.2 Å². The van der Waals surface area contributed by atoms with Gasteiger partial charge in [0.05, 0.1) is 25.1 Å². The number of hydrogen-bond donors (Lipinski definition) is 2. The Balaban J connectivity index is 1.93. The van der Waals surface area contributed by atoms with Crippen molar-refractivity contribution in [3.63, 3.8) is 0 Å². The van der Waals surface area contributed by atoms with Crippen molar-refractivity contribution in [3.8, 4) is 11.5 Å².